The number of hydrogen-bond donors (Lipinski definition) is 1. The van der Waals surface area contributed by atoms with Gasteiger partial charge in [0, 0.05) is 20.6 Å². The first-order valence-electron chi connectivity index (χ1n) is 6.45. The van der Waals surface area contributed by atoms with Crippen LogP contribution < -0.4 is 5.32 Å². The van der Waals surface area contributed by atoms with E-state index in [9.17, 15) is 13.2 Å². The Labute approximate surface area is 120 Å². The number of sulfonamides is 1. The summed E-state index contributed by atoms with van der Waals surface area (Å²) in [6, 6.07) is 0. The molecule has 0 atom stereocenters. The minimum absolute atomic E-state index is 0.0234. The van der Waals surface area contributed by atoms with Crippen LogP contribution in [0.5, 0.6) is 0 Å². The number of carbonyl (C=O) groups excluding carboxylic acids is 1. The quantitative estimate of drug-likeness (QED) is 0.818. The van der Waals surface area contributed by atoms with Gasteiger partial charge in [-0.05, 0) is 20.3 Å². The molecule has 1 rings (SSSR count). The van der Waals surface area contributed by atoms with Crippen molar-refractivity contribution in [3.63, 3.8) is 0 Å². The zero-order valence-electron chi connectivity index (χ0n) is 12.6. The molecule has 1 aromatic heterocycles. The number of carbonyl (C=O) groups is 1. The fourth-order valence-corrected chi connectivity index (χ4v) is 3.10. The van der Waals surface area contributed by atoms with Crippen LogP contribution in [0.3, 0.4) is 0 Å². The van der Waals surface area contributed by atoms with Gasteiger partial charge in [-0.2, -0.15) is 5.10 Å². The van der Waals surface area contributed by atoms with Crippen molar-refractivity contribution in [2.45, 2.75) is 38.6 Å². The van der Waals surface area contributed by atoms with Crippen molar-refractivity contribution in [2.75, 3.05) is 20.6 Å². The molecule has 0 aliphatic rings. The normalized spacial score (nSPS) is 11.9. The third-order valence-electron chi connectivity index (χ3n) is 2.92. The smallest absolute Gasteiger partial charge is 0.246 e. The fraction of sp³-hybridized carbons (Fsp3) is 0.667. The molecule has 0 fully saturated rings. The first-order chi connectivity index (χ1) is 9.21. The van der Waals surface area contributed by atoms with Gasteiger partial charge < -0.3 is 5.32 Å². The van der Waals surface area contributed by atoms with Gasteiger partial charge in [-0.15, -0.1) is 0 Å². The van der Waals surface area contributed by atoms with Crippen LogP contribution in [-0.4, -0.2) is 49.1 Å². The van der Waals surface area contributed by atoms with E-state index in [0.29, 0.717) is 17.9 Å². The molecule has 0 spiro atoms. The van der Waals surface area contributed by atoms with E-state index >= 15 is 0 Å². The summed E-state index contributed by atoms with van der Waals surface area (Å²) in [6.07, 6.45) is 0.850. The van der Waals surface area contributed by atoms with Crippen molar-refractivity contribution < 1.29 is 13.2 Å². The molecule has 0 saturated carbocycles. The summed E-state index contributed by atoms with van der Waals surface area (Å²) in [4.78, 5) is 11.9. The maximum Gasteiger partial charge on any atom is 0.246 e. The molecular formula is C12H22N4O3S. The molecule has 114 valence electrons. The second kappa shape index (κ2) is 6.36. The van der Waals surface area contributed by atoms with Gasteiger partial charge in [0.1, 0.15) is 11.4 Å². The number of hydrogen-bond acceptors (Lipinski definition) is 4. The van der Waals surface area contributed by atoms with E-state index in [1.54, 1.807) is 13.8 Å². The largest absolute Gasteiger partial charge is 0.355 e. The van der Waals surface area contributed by atoms with Gasteiger partial charge in [0.25, 0.3) is 0 Å². The highest BCUT2D eigenvalue weighted by Crippen LogP contribution is 2.21. The van der Waals surface area contributed by atoms with Crippen molar-refractivity contribution in [1.29, 1.82) is 0 Å². The highest BCUT2D eigenvalue weighted by molar-refractivity contribution is 7.89. The maximum absolute atomic E-state index is 12.2. The Morgan fingerprint density at radius 1 is 1.35 bits per heavy atom. The number of amides is 1. The Bertz CT molecular complexity index is 590. The Balaban J connectivity index is 3.07. The van der Waals surface area contributed by atoms with Gasteiger partial charge in [0.2, 0.25) is 15.9 Å². The summed E-state index contributed by atoms with van der Waals surface area (Å²) in [5.74, 6) is -0.175. The SMILES string of the molecule is CCCNC(=O)Cn1nc(C)c(S(=O)(=O)N(C)C)c1C. The van der Waals surface area contributed by atoms with Crippen molar-refractivity contribution in [3.05, 3.63) is 11.4 Å². The van der Waals surface area contributed by atoms with E-state index in [1.165, 1.54) is 18.8 Å². The van der Waals surface area contributed by atoms with Gasteiger partial charge in [0.15, 0.2) is 0 Å². The molecule has 0 aliphatic carbocycles. The number of nitrogens with one attached hydrogen (secondary N) is 1. The van der Waals surface area contributed by atoms with Gasteiger partial charge in [-0.3, -0.25) is 9.48 Å². The number of aromatic nitrogens is 2. The monoisotopic (exact) mass is 302 g/mol. The summed E-state index contributed by atoms with van der Waals surface area (Å²) in [5, 5.41) is 6.90. The minimum Gasteiger partial charge on any atom is -0.355 e. The summed E-state index contributed by atoms with van der Waals surface area (Å²) in [6.45, 7) is 5.87. The lowest BCUT2D eigenvalue weighted by atomic mass is 10.4. The van der Waals surface area contributed by atoms with Crippen LogP contribution in [0, 0.1) is 13.8 Å². The Kier molecular flexibility index (Phi) is 5.29. The lowest BCUT2D eigenvalue weighted by Gasteiger charge is -2.11. The molecule has 1 N–H and O–H groups in total. The van der Waals surface area contributed by atoms with Crippen LogP contribution >= 0.6 is 0 Å². The molecule has 1 amide bonds. The molecule has 7 nitrogen and oxygen atoms in total. The summed E-state index contributed by atoms with van der Waals surface area (Å²) >= 11 is 0. The zero-order valence-corrected chi connectivity index (χ0v) is 13.4. The molecule has 1 heterocycles. The molecular weight excluding hydrogens is 280 g/mol. The Morgan fingerprint density at radius 3 is 2.45 bits per heavy atom. The molecule has 0 unspecified atom stereocenters. The van der Waals surface area contributed by atoms with Crippen molar-refractivity contribution in [2.24, 2.45) is 0 Å². The Hall–Kier alpha value is -1.41. The summed E-state index contributed by atoms with van der Waals surface area (Å²) in [5.41, 5.74) is 0.877. The predicted molar refractivity (Wildman–Crippen MR) is 75.9 cm³/mol. The third kappa shape index (κ3) is 3.37. The molecule has 0 aromatic carbocycles. The molecule has 0 radical (unpaired) electrons. The second-order valence-electron chi connectivity index (χ2n) is 4.79. The average molecular weight is 302 g/mol. The molecule has 8 heteroatoms. The van der Waals surface area contributed by atoms with E-state index in [1.807, 2.05) is 6.92 Å². The number of aryl methyl sites for hydroxylation is 1. The van der Waals surface area contributed by atoms with E-state index in [-0.39, 0.29) is 17.3 Å². The van der Waals surface area contributed by atoms with Crippen LogP contribution in [0.25, 0.3) is 0 Å². The summed E-state index contributed by atoms with van der Waals surface area (Å²) in [7, 11) is -0.608. The maximum atomic E-state index is 12.2. The van der Waals surface area contributed by atoms with Crippen LogP contribution in [0.1, 0.15) is 24.7 Å². The van der Waals surface area contributed by atoms with Crippen LogP contribution in [-0.2, 0) is 21.4 Å². The van der Waals surface area contributed by atoms with E-state index < -0.39 is 10.0 Å². The second-order valence-corrected chi connectivity index (χ2v) is 6.88. The summed E-state index contributed by atoms with van der Waals surface area (Å²) < 4.78 is 27.0. The minimum atomic E-state index is -3.55. The molecule has 0 aliphatic heterocycles. The van der Waals surface area contributed by atoms with E-state index in [2.05, 4.69) is 10.4 Å². The van der Waals surface area contributed by atoms with Gasteiger partial charge >= 0.3 is 0 Å². The molecule has 20 heavy (non-hydrogen) atoms. The first-order valence-corrected chi connectivity index (χ1v) is 7.89. The van der Waals surface area contributed by atoms with Crippen LogP contribution in [0.15, 0.2) is 4.90 Å². The van der Waals surface area contributed by atoms with Crippen LogP contribution in [0.4, 0.5) is 0 Å². The lowest BCUT2D eigenvalue weighted by molar-refractivity contribution is -0.121. The molecule has 1 aromatic rings. The van der Waals surface area contributed by atoms with E-state index in [0.717, 1.165) is 10.7 Å². The zero-order chi connectivity index (χ0) is 15.5. The predicted octanol–water partition coefficient (Wildman–Crippen LogP) is 0.276. The van der Waals surface area contributed by atoms with Crippen molar-refractivity contribution in [3.8, 4) is 0 Å². The van der Waals surface area contributed by atoms with E-state index in [4.69, 9.17) is 0 Å². The fourth-order valence-electron chi connectivity index (χ4n) is 1.85. The highest BCUT2D eigenvalue weighted by Gasteiger charge is 2.26. The van der Waals surface area contributed by atoms with Crippen molar-refractivity contribution >= 4 is 15.9 Å². The third-order valence-corrected chi connectivity index (χ3v) is 4.99. The number of rotatable bonds is 6. The van der Waals surface area contributed by atoms with Crippen LogP contribution in [0.2, 0.25) is 0 Å². The molecule has 0 saturated heterocycles. The number of nitrogens with zero attached hydrogens (tertiary/aromatic N) is 3. The standard InChI is InChI=1S/C12H22N4O3S/c1-6-7-13-11(17)8-16-10(3)12(9(2)14-16)20(18,19)15(4)5/h6-8H2,1-5H3,(H,13,17). The molecule has 0 bridgehead atoms. The Morgan fingerprint density at radius 2 is 1.95 bits per heavy atom. The first kappa shape index (κ1) is 16.6. The lowest BCUT2D eigenvalue weighted by Crippen LogP contribution is -2.29. The van der Waals surface area contributed by atoms with Crippen molar-refractivity contribution in [1.82, 2.24) is 19.4 Å². The highest BCUT2D eigenvalue weighted by atomic mass is 32.2. The average Bonchev–Trinajstić information content (AvgIpc) is 2.62. The van der Waals surface area contributed by atoms with Gasteiger partial charge in [-0.25, -0.2) is 12.7 Å². The van der Waals surface area contributed by atoms with Gasteiger partial charge in [-0.1, -0.05) is 6.92 Å². The van der Waals surface area contributed by atoms with Gasteiger partial charge in [0.05, 0.1) is 11.4 Å². The topological polar surface area (TPSA) is 84.3 Å².